The van der Waals surface area contributed by atoms with E-state index in [1.165, 1.54) is 6.07 Å². The maximum absolute atomic E-state index is 14.1. The molecule has 1 heterocycles. The Balaban J connectivity index is 1.77. The van der Waals surface area contributed by atoms with Gasteiger partial charge in [0.05, 0.1) is 11.1 Å². The van der Waals surface area contributed by atoms with Gasteiger partial charge in [-0.2, -0.15) is 4.98 Å². The third kappa shape index (κ3) is 5.28. The molecule has 0 spiro atoms. The second kappa shape index (κ2) is 9.14. The highest BCUT2D eigenvalue weighted by Gasteiger charge is 2.10. The predicted molar refractivity (Wildman–Crippen MR) is 110 cm³/mol. The minimum atomic E-state index is -2.12. The van der Waals surface area contributed by atoms with Gasteiger partial charge in [-0.15, -0.1) is 6.42 Å². The summed E-state index contributed by atoms with van der Waals surface area (Å²) in [6, 6.07) is 11.7. The summed E-state index contributed by atoms with van der Waals surface area (Å²) in [5.74, 6) is 2.43. The van der Waals surface area contributed by atoms with Crippen molar-refractivity contribution < 1.29 is 17.9 Å². The first-order valence-corrected chi connectivity index (χ1v) is 9.51. The zero-order chi connectivity index (χ0) is 20.8. The van der Waals surface area contributed by atoms with E-state index in [-0.39, 0.29) is 23.3 Å². The van der Waals surface area contributed by atoms with Crippen molar-refractivity contribution >= 4 is 34.2 Å². The quantitative estimate of drug-likeness (QED) is 0.399. The van der Waals surface area contributed by atoms with Crippen molar-refractivity contribution in [2.75, 3.05) is 17.2 Å². The zero-order valence-corrected chi connectivity index (χ0v) is 16.2. The first-order chi connectivity index (χ1) is 14.0. The van der Waals surface area contributed by atoms with E-state index in [0.29, 0.717) is 22.7 Å². The van der Waals surface area contributed by atoms with E-state index >= 15 is 0 Å². The third-order valence-corrected chi connectivity index (χ3v) is 4.63. The Morgan fingerprint density at radius 1 is 1.21 bits per heavy atom. The predicted octanol–water partition coefficient (Wildman–Crippen LogP) is 4.00. The molecule has 0 amide bonds. The van der Waals surface area contributed by atoms with Crippen LogP contribution in [-0.2, 0) is 11.1 Å². The average molecular weight is 412 g/mol. The number of rotatable bonds is 7. The van der Waals surface area contributed by atoms with Crippen LogP contribution in [0.3, 0.4) is 0 Å². The highest BCUT2D eigenvalue weighted by Crippen LogP contribution is 2.24. The van der Waals surface area contributed by atoms with Crippen LogP contribution >= 0.6 is 0 Å². The highest BCUT2D eigenvalue weighted by molar-refractivity contribution is 7.79. The number of nitrogens with one attached hydrogen (secondary N) is 2. The van der Waals surface area contributed by atoms with Crippen LogP contribution in [0.15, 0.2) is 53.6 Å². The number of terminal acetylenes is 1. The van der Waals surface area contributed by atoms with Gasteiger partial charge in [0.25, 0.3) is 0 Å². The van der Waals surface area contributed by atoms with Gasteiger partial charge >= 0.3 is 0 Å². The van der Waals surface area contributed by atoms with Gasteiger partial charge in [-0.05, 0) is 48.9 Å². The molecule has 0 fully saturated rings. The Morgan fingerprint density at radius 3 is 2.62 bits per heavy atom. The lowest BCUT2D eigenvalue weighted by Gasteiger charge is -2.11. The summed E-state index contributed by atoms with van der Waals surface area (Å²) < 4.78 is 40.1. The van der Waals surface area contributed by atoms with Gasteiger partial charge in [0.2, 0.25) is 5.95 Å². The number of benzene rings is 2. The topological polar surface area (TPSA) is 96.4 Å². The smallest absolute Gasteiger partial charge is 0.229 e. The maximum Gasteiger partial charge on any atom is 0.229 e. The van der Waals surface area contributed by atoms with E-state index in [9.17, 15) is 13.2 Å². The molecule has 1 aromatic heterocycles. The molecule has 148 valence electrons. The van der Waals surface area contributed by atoms with Gasteiger partial charge in [-0.1, -0.05) is 12.0 Å². The second-order valence-corrected chi connectivity index (χ2v) is 6.82. The van der Waals surface area contributed by atoms with Crippen molar-refractivity contribution in [3.05, 3.63) is 60.0 Å². The summed E-state index contributed by atoms with van der Waals surface area (Å²) in [4.78, 5) is 8.30. The van der Waals surface area contributed by atoms with Crippen LogP contribution in [0.2, 0.25) is 0 Å². The first kappa shape index (κ1) is 20.3. The second-order valence-electron chi connectivity index (χ2n) is 5.89. The summed E-state index contributed by atoms with van der Waals surface area (Å²) in [6.07, 6.45) is 6.18. The van der Waals surface area contributed by atoms with Crippen LogP contribution < -0.4 is 15.4 Å². The van der Waals surface area contributed by atoms with E-state index in [1.807, 2.05) is 0 Å². The molecule has 0 saturated heterocycles. The summed E-state index contributed by atoms with van der Waals surface area (Å²) in [6.45, 7) is 1.89. The molecule has 3 aromatic rings. The molecule has 0 aliphatic carbocycles. The summed E-state index contributed by atoms with van der Waals surface area (Å²) in [5, 5.41) is 5.77. The van der Waals surface area contributed by atoms with E-state index in [1.54, 1.807) is 43.3 Å². The normalized spacial score (nSPS) is 11.4. The fourth-order valence-electron chi connectivity index (χ4n) is 2.41. The molecule has 1 atom stereocenters. The van der Waals surface area contributed by atoms with Gasteiger partial charge in [0.15, 0.2) is 22.7 Å². The Hall–Kier alpha value is -3.48. The number of hydrogen-bond acceptors (Lipinski definition) is 6. The Morgan fingerprint density at radius 2 is 1.93 bits per heavy atom. The number of halogens is 1. The minimum absolute atomic E-state index is 0.0298. The van der Waals surface area contributed by atoms with Crippen LogP contribution in [0.1, 0.15) is 5.56 Å². The molecule has 0 saturated carbocycles. The van der Waals surface area contributed by atoms with E-state index in [4.69, 9.17) is 11.2 Å². The van der Waals surface area contributed by atoms with Crippen molar-refractivity contribution in [2.45, 2.75) is 11.8 Å². The molecular weight excluding hydrogens is 395 g/mol. The van der Waals surface area contributed by atoms with Crippen LogP contribution in [0.25, 0.3) is 0 Å². The minimum Gasteiger partial charge on any atom is -0.481 e. The number of anilines is 4. The monoisotopic (exact) mass is 412 g/mol. The SMILES string of the molecule is C#CCOc1ccc(Nc2nc(Nc3ccc(C)c(S(=O)O)c3)ncc2F)cc1. The van der Waals surface area contributed by atoms with Crippen molar-refractivity contribution in [3.8, 4) is 18.1 Å². The van der Waals surface area contributed by atoms with E-state index in [0.717, 1.165) is 6.20 Å². The van der Waals surface area contributed by atoms with Crippen LogP contribution in [0, 0.1) is 25.1 Å². The van der Waals surface area contributed by atoms with Crippen LogP contribution in [0.5, 0.6) is 5.75 Å². The molecule has 7 nitrogen and oxygen atoms in total. The fourth-order valence-corrected chi connectivity index (χ4v) is 2.98. The highest BCUT2D eigenvalue weighted by atomic mass is 32.2. The molecule has 0 aliphatic heterocycles. The molecule has 1 unspecified atom stereocenters. The zero-order valence-electron chi connectivity index (χ0n) is 15.3. The van der Waals surface area contributed by atoms with E-state index < -0.39 is 16.9 Å². The Bertz CT molecular complexity index is 1080. The first-order valence-electron chi connectivity index (χ1n) is 8.40. The lowest BCUT2D eigenvalue weighted by atomic mass is 10.2. The lowest BCUT2D eigenvalue weighted by molar-refractivity contribution is 0.370. The van der Waals surface area contributed by atoms with Gasteiger partial charge in [0.1, 0.15) is 12.4 Å². The molecular formula is C20H17FN4O3S. The molecule has 0 radical (unpaired) electrons. The molecule has 29 heavy (non-hydrogen) atoms. The van der Waals surface area contributed by atoms with Gasteiger partial charge in [-0.25, -0.2) is 13.6 Å². The van der Waals surface area contributed by atoms with Crippen molar-refractivity contribution in [2.24, 2.45) is 0 Å². The summed E-state index contributed by atoms with van der Waals surface area (Å²) in [7, 11) is 0. The summed E-state index contributed by atoms with van der Waals surface area (Å²) >= 11 is -2.12. The number of aryl methyl sites for hydroxylation is 1. The standard InChI is InChI=1S/C20H17FN4O3S/c1-3-10-28-16-8-6-14(7-9-16)23-19-17(21)12-22-20(25-19)24-15-5-4-13(2)18(11-15)29(26)27/h1,4-9,11-12H,10H2,2H3,(H,26,27)(H2,22,23,24,25). The number of nitrogens with zero attached hydrogens (tertiary/aromatic N) is 2. The van der Waals surface area contributed by atoms with Crippen LogP contribution in [0.4, 0.5) is 27.5 Å². The number of aromatic nitrogens is 2. The Kier molecular flexibility index (Phi) is 6.39. The maximum atomic E-state index is 14.1. The third-order valence-electron chi connectivity index (χ3n) is 3.82. The van der Waals surface area contributed by atoms with Gasteiger partial charge < -0.3 is 19.9 Å². The van der Waals surface area contributed by atoms with Gasteiger partial charge in [0, 0.05) is 11.4 Å². The Labute approximate surface area is 169 Å². The molecule has 0 aliphatic rings. The lowest BCUT2D eigenvalue weighted by Crippen LogP contribution is -2.04. The van der Waals surface area contributed by atoms with Crippen molar-refractivity contribution in [3.63, 3.8) is 0 Å². The van der Waals surface area contributed by atoms with Crippen molar-refractivity contribution in [1.29, 1.82) is 0 Å². The van der Waals surface area contributed by atoms with Crippen molar-refractivity contribution in [1.82, 2.24) is 9.97 Å². The molecule has 3 rings (SSSR count). The molecule has 2 aromatic carbocycles. The molecule has 9 heteroatoms. The molecule has 3 N–H and O–H groups in total. The largest absolute Gasteiger partial charge is 0.481 e. The average Bonchev–Trinajstić information content (AvgIpc) is 2.71. The fraction of sp³-hybridized carbons (Fsp3) is 0.100. The number of ether oxygens (including phenoxy) is 1. The summed E-state index contributed by atoms with van der Waals surface area (Å²) in [5.41, 5.74) is 1.77. The van der Waals surface area contributed by atoms with Gasteiger partial charge in [-0.3, -0.25) is 0 Å². The molecule has 0 bridgehead atoms. The number of hydrogen-bond donors (Lipinski definition) is 3. The van der Waals surface area contributed by atoms with Crippen LogP contribution in [-0.4, -0.2) is 25.3 Å². The van der Waals surface area contributed by atoms with E-state index in [2.05, 4.69) is 26.5 Å².